The smallest absolute Gasteiger partial charge is 0.306 e. The van der Waals surface area contributed by atoms with E-state index in [4.69, 9.17) is 18.5 Å². The summed E-state index contributed by atoms with van der Waals surface area (Å²) in [5.41, 5.74) is 0. The summed E-state index contributed by atoms with van der Waals surface area (Å²) in [7, 11) is 1.16. The second-order valence-electron chi connectivity index (χ2n) is 27.0. The second-order valence-corrected chi connectivity index (χ2v) is 28.4. The maximum absolute atomic E-state index is 12.9. The Hall–Kier alpha value is -3.33. The van der Waals surface area contributed by atoms with E-state index in [1.165, 1.54) is 218 Å². The molecule has 0 aromatic heterocycles. The fourth-order valence-corrected chi connectivity index (χ4v) is 11.6. The topological polar surface area (TPSA) is 111 Å². The van der Waals surface area contributed by atoms with Gasteiger partial charge in [-0.25, -0.2) is 0 Å². The molecule has 2 unspecified atom stereocenters. The number of phosphoric acid groups is 1. The van der Waals surface area contributed by atoms with E-state index in [1.807, 2.05) is 21.1 Å². The quantitative estimate of drug-likeness (QED) is 0.0195. The number of ether oxygens (including phenoxy) is 2. The van der Waals surface area contributed by atoms with Crippen LogP contribution in [0.4, 0.5) is 0 Å². The molecule has 0 rings (SSSR count). The van der Waals surface area contributed by atoms with Crippen LogP contribution in [0.25, 0.3) is 0 Å². The normalized spacial score (nSPS) is 13.7. The van der Waals surface area contributed by atoms with E-state index in [0.29, 0.717) is 17.4 Å². The number of carbonyl (C=O) groups excluding carboxylic acids is 2. The van der Waals surface area contributed by atoms with Crippen LogP contribution in [-0.2, 0) is 32.7 Å². The zero-order valence-electron chi connectivity index (χ0n) is 60.7. The van der Waals surface area contributed by atoms with Crippen molar-refractivity contribution in [3.8, 4) is 0 Å². The minimum absolute atomic E-state index is 0.0356. The number of hydrogen-bond acceptors (Lipinski definition) is 8. The largest absolute Gasteiger partial charge is 0.756 e. The number of quaternary nitrogens is 1. The van der Waals surface area contributed by atoms with Crippen LogP contribution in [0.2, 0.25) is 0 Å². The van der Waals surface area contributed by atoms with Crippen LogP contribution >= 0.6 is 7.82 Å². The van der Waals surface area contributed by atoms with Gasteiger partial charge in [-0.3, -0.25) is 14.2 Å². The van der Waals surface area contributed by atoms with Gasteiger partial charge in [-0.05, 0) is 103 Å². The Kier molecular flexibility index (Phi) is 69.3. The maximum atomic E-state index is 12.9. The predicted molar refractivity (Wildman–Crippen MR) is 397 cm³/mol. The molecule has 0 bridgehead atoms. The average Bonchev–Trinajstić information content (AvgIpc) is 2.14. The summed E-state index contributed by atoms with van der Waals surface area (Å²) >= 11 is 0. The first-order valence-electron chi connectivity index (χ1n) is 38.6. The molecule has 0 aliphatic carbocycles. The number of carbonyl (C=O) groups is 2. The van der Waals surface area contributed by atoms with E-state index in [2.05, 4.69) is 123 Å². The first kappa shape index (κ1) is 88.7. The minimum atomic E-state index is -4.65. The number of hydrogen-bond donors (Lipinski definition) is 0. The Morgan fingerprint density at radius 1 is 0.348 bits per heavy atom. The highest BCUT2D eigenvalue weighted by Gasteiger charge is 2.22. The molecule has 0 fully saturated rings. The van der Waals surface area contributed by atoms with Gasteiger partial charge < -0.3 is 27.9 Å². The van der Waals surface area contributed by atoms with Crippen LogP contribution in [0, 0.1) is 0 Å². The molecule has 10 heteroatoms. The van der Waals surface area contributed by atoms with Crippen molar-refractivity contribution in [1.29, 1.82) is 0 Å². The summed E-state index contributed by atoms with van der Waals surface area (Å²) < 4.78 is 34.4. The molecule has 0 amide bonds. The first-order chi connectivity index (χ1) is 45.0. The molecule has 9 nitrogen and oxygen atoms in total. The highest BCUT2D eigenvalue weighted by Crippen LogP contribution is 2.38. The molecule has 0 saturated heterocycles. The minimum Gasteiger partial charge on any atom is -0.756 e. The molecule has 0 N–H and O–H groups in total. The molecule has 0 spiro atoms. The van der Waals surface area contributed by atoms with E-state index in [1.54, 1.807) is 0 Å². The Morgan fingerprint density at radius 3 is 0.924 bits per heavy atom. The van der Waals surface area contributed by atoms with Gasteiger partial charge in [-0.2, -0.15) is 0 Å². The van der Waals surface area contributed by atoms with Crippen LogP contribution in [0.3, 0.4) is 0 Å². The molecule has 92 heavy (non-hydrogen) atoms. The summed E-state index contributed by atoms with van der Waals surface area (Å²) in [6.45, 7) is 4.14. The summed E-state index contributed by atoms with van der Waals surface area (Å²) in [5.74, 6) is -0.834. The number of esters is 2. The number of unbranched alkanes of at least 4 members (excludes halogenated alkanes) is 39. The van der Waals surface area contributed by atoms with Gasteiger partial charge in [0.2, 0.25) is 0 Å². The fourth-order valence-electron chi connectivity index (χ4n) is 10.9. The van der Waals surface area contributed by atoms with E-state index in [9.17, 15) is 19.0 Å². The molecule has 0 heterocycles. The highest BCUT2D eigenvalue weighted by molar-refractivity contribution is 7.45. The lowest BCUT2D eigenvalue weighted by atomic mass is 10.0. The monoisotopic (exact) mass is 1300 g/mol. The zero-order valence-corrected chi connectivity index (χ0v) is 61.6. The van der Waals surface area contributed by atoms with Crippen LogP contribution in [-0.4, -0.2) is 70.0 Å². The summed E-state index contributed by atoms with van der Waals surface area (Å²) in [6, 6.07) is 0. The number of allylic oxidation sites excluding steroid dienone is 18. The molecule has 0 saturated carbocycles. The molecule has 0 aliphatic rings. The Morgan fingerprint density at radius 2 is 0.620 bits per heavy atom. The van der Waals surface area contributed by atoms with Gasteiger partial charge in [0.1, 0.15) is 19.8 Å². The lowest BCUT2D eigenvalue weighted by Crippen LogP contribution is -2.37. The molecule has 532 valence electrons. The van der Waals surface area contributed by atoms with Gasteiger partial charge in [-0.15, -0.1) is 0 Å². The molecule has 0 radical (unpaired) electrons. The van der Waals surface area contributed by atoms with E-state index >= 15 is 0 Å². The predicted octanol–water partition coefficient (Wildman–Crippen LogP) is 25.0. The van der Waals surface area contributed by atoms with Crippen molar-refractivity contribution < 1.29 is 42.1 Å². The molecule has 2 atom stereocenters. The molecule has 0 aromatic carbocycles. The van der Waals surface area contributed by atoms with Crippen molar-refractivity contribution >= 4 is 19.8 Å². The van der Waals surface area contributed by atoms with Crippen LogP contribution in [0.15, 0.2) is 109 Å². The standard InChI is InChI=1S/C82H146NO8P/c1-6-8-10-12-14-16-18-20-22-24-26-28-30-32-34-35-36-37-38-39-40-41-42-43-44-45-46-47-49-50-52-54-56-58-60-62-64-66-68-70-72-74-81(84)88-78-80(79-90-92(86,87)89-77-76-83(3,4)5)91-82(85)75-73-71-69-67-65-63-61-59-57-55-53-51-48-33-31-29-27-25-23-21-19-17-15-13-11-9-7-2/h9,11,15,17-18,20-21,23-24,26-27,29-30,32-33,48,53,55,80H,6-8,10,12-14,16,19,22,25,28,31,34-47,49-52,54,56-79H2,1-5H3/b11-9-,17-15-,20-18-,23-21-,26-24-,29-27-,32-30-,48-33-,55-53-. The third-order valence-corrected chi connectivity index (χ3v) is 17.7. The van der Waals surface area contributed by atoms with Crippen LogP contribution < -0.4 is 4.89 Å². The fraction of sp³-hybridized carbons (Fsp3) is 0.756. The number of nitrogens with zero attached hydrogens (tertiary/aromatic N) is 1. The van der Waals surface area contributed by atoms with E-state index < -0.39 is 26.5 Å². The molecular weight excluding hydrogens is 1160 g/mol. The summed E-state index contributed by atoms with van der Waals surface area (Å²) in [5, 5.41) is 0. The second kappa shape index (κ2) is 72.0. The Bertz CT molecular complexity index is 1920. The number of phosphoric ester groups is 1. The average molecular weight is 1310 g/mol. The van der Waals surface area contributed by atoms with Gasteiger partial charge in [0.05, 0.1) is 27.7 Å². The van der Waals surface area contributed by atoms with Crippen molar-refractivity contribution in [3.63, 3.8) is 0 Å². The molecule has 0 aliphatic heterocycles. The summed E-state index contributed by atoms with van der Waals surface area (Å²) in [6.07, 6.45) is 102. The van der Waals surface area contributed by atoms with Crippen molar-refractivity contribution in [2.75, 3.05) is 47.5 Å². The van der Waals surface area contributed by atoms with E-state index in [0.717, 1.165) is 96.3 Å². The van der Waals surface area contributed by atoms with Gasteiger partial charge in [-0.1, -0.05) is 342 Å². The lowest BCUT2D eigenvalue weighted by Gasteiger charge is -2.28. The summed E-state index contributed by atoms with van der Waals surface area (Å²) in [4.78, 5) is 38.1. The number of rotatable bonds is 71. The van der Waals surface area contributed by atoms with Crippen molar-refractivity contribution in [2.24, 2.45) is 0 Å². The van der Waals surface area contributed by atoms with Gasteiger partial charge in [0, 0.05) is 12.8 Å². The highest BCUT2D eigenvalue weighted by atomic mass is 31.2. The SMILES string of the molecule is CC/C=C\C/C=C\C/C=C\C/C=C\C/C=C\C/C=C\CCCCCCCCCCC(=O)OC(COC(=O)CCCCCCCCCCCCCCCCCCCCCCCCCCCC/C=C\C/C=C\C/C=C\CCCCCCC)COP(=O)([O-])OCC[N+](C)(C)C. The maximum Gasteiger partial charge on any atom is 0.306 e. The third-order valence-electron chi connectivity index (χ3n) is 16.8. The van der Waals surface area contributed by atoms with Gasteiger partial charge in [0.25, 0.3) is 7.82 Å². The Balaban J connectivity index is 3.95. The van der Waals surface area contributed by atoms with Crippen molar-refractivity contribution in [3.05, 3.63) is 109 Å². The van der Waals surface area contributed by atoms with Crippen molar-refractivity contribution in [2.45, 2.75) is 354 Å². The number of likely N-dealkylation sites (N-methyl/N-ethyl adjacent to an activating group) is 1. The van der Waals surface area contributed by atoms with Crippen molar-refractivity contribution in [1.82, 2.24) is 0 Å². The third kappa shape index (κ3) is 75.7. The first-order valence-corrected chi connectivity index (χ1v) is 40.1. The van der Waals surface area contributed by atoms with Gasteiger partial charge >= 0.3 is 11.9 Å². The van der Waals surface area contributed by atoms with Crippen LogP contribution in [0.1, 0.15) is 348 Å². The molecular formula is C82H146NO8P. The zero-order chi connectivity index (χ0) is 66.9. The Labute approximate surface area is 569 Å². The van der Waals surface area contributed by atoms with E-state index in [-0.39, 0.29) is 32.0 Å². The molecule has 0 aromatic rings. The van der Waals surface area contributed by atoms with Crippen LogP contribution in [0.5, 0.6) is 0 Å². The lowest BCUT2D eigenvalue weighted by molar-refractivity contribution is -0.870. The van der Waals surface area contributed by atoms with Gasteiger partial charge in [0.15, 0.2) is 6.10 Å².